The molecule has 0 saturated carbocycles. The second-order valence-corrected chi connectivity index (χ2v) is 4.76. The SMILES string of the molecule is CCCC(C)c1ccccc1.Cc1ccccc1. The Morgan fingerprint density at radius 3 is 1.72 bits per heavy atom. The highest BCUT2D eigenvalue weighted by Gasteiger charge is 2.01. The van der Waals surface area contributed by atoms with E-state index in [1.807, 2.05) is 18.2 Å². The van der Waals surface area contributed by atoms with Crippen LogP contribution < -0.4 is 0 Å². The van der Waals surface area contributed by atoms with E-state index in [4.69, 9.17) is 0 Å². The lowest BCUT2D eigenvalue weighted by atomic mass is 9.97. The molecule has 0 aromatic heterocycles. The Balaban J connectivity index is 0.000000199. The largest absolute Gasteiger partial charge is 0.0654 e. The number of hydrogen-bond acceptors (Lipinski definition) is 0. The van der Waals surface area contributed by atoms with Gasteiger partial charge in [-0.2, -0.15) is 0 Å². The van der Waals surface area contributed by atoms with Crippen LogP contribution in [0.5, 0.6) is 0 Å². The second-order valence-electron chi connectivity index (χ2n) is 4.76. The number of hydrogen-bond donors (Lipinski definition) is 0. The highest BCUT2D eigenvalue weighted by molar-refractivity contribution is 5.18. The molecule has 0 bridgehead atoms. The van der Waals surface area contributed by atoms with Gasteiger partial charge in [0.2, 0.25) is 0 Å². The van der Waals surface area contributed by atoms with Gasteiger partial charge in [0.05, 0.1) is 0 Å². The van der Waals surface area contributed by atoms with E-state index in [-0.39, 0.29) is 0 Å². The normalized spacial score (nSPS) is 11.3. The quantitative estimate of drug-likeness (QED) is 0.656. The molecule has 0 aliphatic carbocycles. The molecule has 0 heterocycles. The van der Waals surface area contributed by atoms with Crippen molar-refractivity contribution in [1.29, 1.82) is 0 Å². The molecule has 1 atom stereocenters. The lowest BCUT2D eigenvalue weighted by Crippen LogP contribution is -1.91. The Bertz CT molecular complexity index is 403. The highest BCUT2D eigenvalue weighted by Crippen LogP contribution is 2.19. The Morgan fingerprint density at radius 2 is 1.33 bits per heavy atom. The Labute approximate surface area is 112 Å². The molecule has 1 unspecified atom stereocenters. The zero-order chi connectivity index (χ0) is 13.2. The van der Waals surface area contributed by atoms with E-state index in [0.29, 0.717) is 0 Å². The van der Waals surface area contributed by atoms with Crippen LogP contribution in [-0.2, 0) is 0 Å². The Kier molecular flexibility index (Phi) is 6.86. The van der Waals surface area contributed by atoms with Crippen LogP contribution in [-0.4, -0.2) is 0 Å². The van der Waals surface area contributed by atoms with Crippen LogP contribution >= 0.6 is 0 Å². The van der Waals surface area contributed by atoms with E-state index < -0.39 is 0 Å². The van der Waals surface area contributed by atoms with Gasteiger partial charge < -0.3 is 0 Å². The van der Waals surface area contributed by atoms with Gasteiger partial charge in [0, 0.05) is 0 Å². The van der Waals surface area contributed by atoms with E-state index in [2.05, 4.69) is 63.2 Å². The van der Waals surface area contributed by atoms with E-state index in [0.717, 1.165) is 5.92 Å². The molecule has 0 N–H and O–H groups in total. The molecular formula is C18H24. The molecule has 0 heteroatoms. The minimum Gasteiger partial charge on any atom is -0.0654 e. The van der Waals surface area contributed by atoms with Gasteiger partial charge in [0.25, 0.3) is 0 Å². The van der Waals surface area contributed by atoms with E-state index in [9.17, 15) is 0 Å². The first-order valence-corrected chi connectivity index (χ1v) is 6.80. The number of benzene rings is 2. The predicted molar refractivity (Wildman–Crippen MR) is 80.9 cm³/mol. The zero-order valence-corrected chi connectivity index (χ0v) is 11.8. The second kappa shape index (κ2) is 8.52. The van der Waals surface area contributed by atoms with Gasteiger partial charge in [-0.05, 0) is 24.8 Å². The van der Waals surface area contributed by atoms with Crippen molar-refractivity contribution in [3.05, 3.63) is 71.8 Å². The average molecular weight is 240 g/mol. The van der Waals surface area contributed by atoms with Gasteiger partial charge in [-0.3, -0.25) is 0 Å². The average Bonchev–Trinajstić information content (AvgIpc) is 2.42. The van der Waals surface area contributed by atoms with Crippen LogP contribution in [0, 0.1) is 6.92 Å². The summed E-state index contributed by atoms with van der Waals surface area (Å²) >= 11 is 0. The molecule has 0 saturated heterocycles. The molecule has 0 nitrogen and oxygen atoms in total. The predicted octanol–water partition coefficient (Wildman–Crippen LogP) is 5.59. The van der Waals surface area contributed by atoms with Gasteiger partial charge in [-0.1, -0.05) is 86.5 Å². The van der Waals surface area contributed by atoms with Crippen LogP contribution in [0.4, 0.5) is 0 Å². The molecule has 96 valence electrons. The third-order valence-corrected chi connectivity index (χ3v) is 3.03. The van der Waals surface area contributed by atoms with Crippen molar-refractivity contribution < 1.29 is 0 Å². The van der Waals surface area contributed by atoms with Gasteiger partial charge in [-0.15, -0.1) is 0 Å². The van der Waals surface area contributed by atoms with Crippen molar-refractivity contribution in [3.8, 4) is 0 Å². The van der Waals surface area contributed by atoms with Crippen LogP contribution in [0.15, 0.2) is 60.7 Å². The molecule has 2 aromatic rings. The molecule has 2 rings (SSSR count). The first kappa shape index (κ1) is 14.5. The Hall–Kier alpha value is -1.56. The Morgan fingerprint density at radius 1 is 0.833 bits per heavy atom. The fourth-order valence-electron chi connectivity index (χ4n) is 1.92. The molecule has 0 fully saturated rings. The molecule has 18 heavy (non-hydrogen) atoms. The van der Waals surface area contributed by atoms with Crippen LogP contribution in [0.25, 0.3) is 0 Å². The fourth-order valence-corrected chi connectivity index (χ4v) is 1.92. The van der Waals surface area contributed by atoms with Crippen molar-refractivity contribution >= 4 is 0 Å². The zero-order valence-electron chi connectivity index (χ0n) is 11.8. The minimum atomic E-state index is 0.723. The van der Waals surface area contributed by atoms with Gasteiger partial charge >= 0.3 is 0 Å². The summed E-state index contributed by atoms with van der Waals surface area (Å²) in [5, 5.41) is 0. The molecule has 0 radical (unpaired) electrons. The maximum absolute atomic E-state index is 2.29. The van der Waals surface area contributed by atoms with Gasteiger partial charge in [-0.25, -0.2) is 0 Å². The summed E-state index contributed by atoms with van der Waals surface area (Å²) in [5.41, 5.74) is 2.79. The smallest absolute Gasteiger partial charge is 0.0190 e. The summed E-state index contributed by atoms with van der Waals surface area (Å²) in [5.74, 6) is 0.723. The summed E-state index contributed by atoms with van der Waals surface area (Å²) in [6, 6.07) is 21.0. The van der Waals surface area contributed by atoms with E-state index in [1.54, 1.807) is 0 Å². The minimum absolute atomic E-state index is 0.723. The third kappa shape index (κ3) is 5.67. The summed E-state index contributed by atoms with van der Waals surface area (Å²) < 4.78 is 0. The molecule has 2 aromatic carbocycles. The standard InChI is InChI=1S/C11H16.C7H8/c1-3-7-10(2)11-8-5-4-6-9-11;1-7-5-3-2-4-6-7/h4-6,8-10H,3,7H2,1-2H3;2-6H,1H3. The third-order valence-electron chi connectivity index (χ3n) is 3.03. The van der Waals surface area contributed by atoms with Gasteiger partial charge in [0.15, 0.2) is 0 Å². The topological polar surface area (TPSA) is 0 Å². The lowest BCUT2D eigenvalue weighted by Gasteiger charge is -2.08. The molecular weight excluding hydrogens is 216 g/mol. The van der Waals surface area contributed by atoms with Crippen molar-refractivity contribution in [2.45, 2.75) is 39.5 Å². The van der Waals surface area contributed by atoms with E-state index in [1.165, 1.54) is 24.0 Å². The maximum Gasteiger partial charge on any atom is -0.0190 e. The van der Waals surface area contributed by atoms with Crippen molar-refractivity contribution in [1.82, 2.24) is 0 Å². The van der Waals surface area contributed by atoms with Crippen LogP contribution in [0.1, 0.15) is 43.7 Å². The van der Waals surface area contributed by atoms with Crippen molar-refractivity contribution in [2.24, 2.45) is 0 Å². The summed E-state index contributed by atoms with van der Waals surface area (Å²) in [6.07, 6.45) is 2.57. The van der Waals surface area contributed by atoms with Crippen LogP contribution in [0.3, 0.4) is 0 Å². The maximum atomic E-state index is 2.29. The van der Waals surface area contributed by atoms with Crippen molar-refractivity contribution in [2.75, 3.05) is 0 Å². The summed E-state index contributed by atoms with van der Waals surface area (Å²) in [4.78, 5) is 0. The lowest BCUT2D eigenvalue weighted by molar-refractivity contribution is 0.665. The monoisotopic (exact) mass is 240 g/mol. The first-order chi connectivity index (χ1) is 8.74. The summed E-state index contributed by atoms with van der Waals surface area (Å²) in [7, 11) is 0. The highest BCUT2D eigenvalue weighted by atomic mass is 14.1. The molecule has 0 spiro atoms. The van der Waals surface area contributed by atoms with Gasteiger partial charge in [0.1, 0.15) is 0 Å². The molecule has 0 amide bonds. The van der Waals surface area contributed by atoms with E-state index >= 15 is 0 Å². The first-order valence-electron chi connectivity index (χ1n) is 6.80. The molecule has 0 aliphatic rings. The number of aryl methyl sites for hydroxylation is 1. The fraction of sp³-hybridized carbons (Fsp3) is 0.333. The van der Waals surface area contributed by atoms with Crippen LogP contribution in [0.2, 0.25) is 0 Å². The number of rotatable bonds is 3. The summed E-state index contributed by atoms with van der Waals surface area (Å²) in [6.45, 7) is 6.61. The molecule has 0 aliphatic heterocycles. The van der Waals surface area contributed by atoms with Crippen molar-refractivity contribution in [3.63, 3.8) is 0 Å².